The van der Waals surface area contributed by atoms with Gasteiger partial charge in [-0.05, 0) is 38.3 Å². The van der Waals surface area contributed by atoms with Crippen molar-refractivity contribution in [1.29, 1.82) is 0 Å². The minimum absolute atomic E-state index is 0.207. The summed E-state index contributed by atoms with van der Waals surface area (Å²) in [6.45, 7) is 15.4. The molecule has 0 unspecified atom stereocenters. The first-order valence-corrected chi connectivity index (χ1v) is 7.99. The Morgan fingerprint density at radius 2 is 1.39 bits per heavy atom. The van der Waals surface area contributed by atoms with Crippen molar-refractivity contribution in [3.63, 3.8) is 0 Å². The summed E-state index contributed by atoms with van der Waals surface area (Å²) in [4.78, 5) is 0. The highest BCUT2D eigenvalue weighted by Gasteiger charge is 2.11. The van der Waals surface area contributed by atoms with Gasteiger partial charge in [0.15, 0.2) is 0 Å². The number of rotatable bonds is 3. The van der Waals surface area contributed by atoms with Crippen LogP contribution < -0.4 is 5.73 Å². The zero-order chi connectivity index (χ0) is 17.7. The number of hydrogen-bond donors (Lipinski definition) is 1. The molecule has 2 aromatic rings. The summed E-state index contributed by atoms with van der Waals surface area (Å²) in [6.07, 6.45) is 2.96. The summed E-state index contributed by atoms with van der Waals surface area (Å²) in [7, 11) is 0. The van der Waals surface area contributed by atoms with Gasteiger partial charge in [0, 0.05) is 5.54 Å². The predicted octanol–water partition coefficient (Wildman–Crippen LogP) is 6.18. The summed E-state index contributed by atoms with van der Waals surface area (Å²) < 4.78 is 0. The molecule has 124 valence electrons. The van der Waals surface area contributed by atoms with Crippen LogP contribution in [-0.4, -0.2) is 0 Å². The van der Waals surface area contributed by atoms with E-state index in [1.165, 1.54) is 11.1 Å². The van der Waals surface area contributed by atoms with Crippen LogP contribution in [0.15, 0.2) is 79.9 Å². The maximum atomic E-state index is 5.86. The lowest BCUT2D eigenvalue weighted by Crippen LogP contribution is -2.28. The highest BCUT2D eigenvalue weighted by Crippen LogP contribution is 2.14. The molecule has 0 aliphatic rings. The van der Waals surface area contributed by atoms with E-state index in [9.17, 15) is 0 Å². The van der Waals surface area contributed by atoms with Crippen LogP contribution in [0.1, 0.15) is 45.2 Å². The molecular weight excluding hydrogens is 278 g/mol. The average Bonchev–Trinajstić information content (AvgIpc) is 2.56. The summed E-state index contributed by atoms with van der Waals surface area (Å²) in [5.41, 5.74) is 9.17. The maximum Gasteiger partial charge on any atom is 0.0352 e. The second kappa shape index (κ2) is 11.4. The second-order valence-electron chi connectivity index (χ2n) is 5.93. The third-order valence-corrected chi connectivity index (χ3v) is 3.07. The van der Waals surface area contributed by atoms with E-state index in [4.69, 9.17) is 5.73 Å². The highest BCUT2D eigenvalue weighted by molar-refractivity contribution is 5.60. The van der Waals surface area contributed by atoms with Crippen molar-refractivity contribution < 1.29 is 0 Å². The Bertz CT molecular complexity index is 548. The van der Waals surface area contributed by atoms with Crippen molar-refractivity contribution >= 4 is 5.57 Å². The second-order valence-corrected chi connectivity index (χ2v) is 5.93. The molecule has 0 saturated heterocycles. The summed E-state index contributed by atoms with van der Waals surface area (Å²) in [5, 5.41) is 0. The molecule has 0 radical (unpaired) electrons. The molecule has 23 heavy (non-hydrogen) atoms. The van der Waals surface area contributed by atoms with Gasteiger partial charge in [-0.25, -0.2) is 0 Å². The summed E-state index contributed by atoms with van der Waals surface area (Å²) in [5.74, 6) is 0. The lowest BCUT2D eigenvalue weighted by molar-refractivity contribution is 0.554. The largest absolute Gasteiger partial charge is 0.322 e. The Hall–Kier alpha value is -2.12. The van der Waals surface area contributed by atoms with Gasteiger partial charge in [0.25, 0.3) is 0 Å². The SMILES string of the molecule is C=C(C)c1ccccc1.C=CCC.CC(C)(N)c1ccccc1. The van der Waals surface area contributed by atoms with Gasteiger partial charge < -0.3 is 5.73 Å². The normalized spacial score (nSPS) is 9.61. The molecule has 0 aliphatic heterocycles. The van der Waals surface area contributed by atoms with Gasteiger partial charge in [-0.3, -0.25) is 0 Å². The molecule has 0 atom stereocenters. The fraction of sp³-hybridized carbons (Fsp3) is 0.273. The molecular formula is C22H31N. The van der Waals surface area contributed by atoms with E-state index in [0.717, 1.165) is 12.0 Å². The smallest absolute Gasteiger partial charge is 0.0352 e. The van der Waals surface area contributed by atoms with Crippen LogP contribution in [0.25, 0.3) is 5.57 Å². The molecule has 0 fully saturated rings. The van der Waals surface area contributed by atoms with Crippen molar-refractivity contribution in [1.82, 2.24) is 0 Å². The number of allylic oxidation sites excluding steroid dienone is 2. The van der Waals surface area contributed by atoms with E-state index < -0.39 is 0 Å². The Kier molecular flexibility index (Phi) is 10.4. The first-order valence-electron chi connectivity index (χ1n) is 7.99. The van der Waals surface area contributed by atoms with E-state index in [0.29, 0.717) is 0 Å². The zero-order valence-corrected chi connectivity index (χ0v) is 15.0. The minimum atomic E-state index is -0.207. The maximum absolute atomic E-state index is 5.86. The van der Waals surface area contributed by atoms with E-state index >= 15 is 0 Å². The molecule has 0 bridgehead atoms. The van der Waals surface area contributed by atoms with E-state index in [1.54, 1.807) is 0 Å². The van der Waals surface area contributed by atoms with E-state index in [1.807, 2.05) is 75.4 Å². The molecule has 0 saturated carbocycles. The quantitative estimate of drug-likeness (QED) is 0.673. The number of hydrogen-bond acceptors (Lipinski definition) is 1. The molecule has 0 spiro atoms. The fourth-order valence-electron chi connectivity index (χ4n) is 1.59. The van der Waals surface area contributed by atoms with Crippen molar-refractivity contribution in [3.05, 3.63) is 91.0 Å². The third kappa shape index (κ3) is 10.3. The molecule has 2 rings (SSSR count). The Labute approximate surface area is 142 Å². The predicted molar refractivity (Wildman–Crippen MR) is 105 cm³/mol. The molecule has 1 nitrogen and oxygen atoms in total. The molecule has 1 heteroatoms. The van der Waals surface area contributed by atoms with Gasteiger partial charge >= 0.3 is 0 Å². The Morgan fingerprint density at radius 1 is 1.00 bits per heavy atom. The van der Waals surface area contributed by atoms with Gasteiger partial charge in [0.1, 0.15) is 0 Å². The van der Waals surface area contributed by atoms with Crippen molar-refractivity contribution in [2.45, 2.75) is 39.7 Å². The molecule has 2 aromatic carbocycles. The Morgan fingerprint density at radius 3 is 1.61 bits per heavy atom. The van der Waals surface area contributed by atoms with Crippen LogP contribution in [0.4, 0.5) is 0 Å². The highest BCUT2D eigenvalue weighted by atomic mass is 14.7. The third-order valence-electron chi connectivity index (χ3n) is 3.07. The first-order chi connectivity index (χ1) is 10.8. The van der Waals surface area contributed by atoms with Crippen molar-refractivity contribution in [2.75, 3.05) is 0 Å². The Balaban J connectivity index is 0.000000345. The standard InChI is InChI=1S/C9H13N.C9H10.C4H8/c1-9(2,10)8-6-4-3-5-7-8;1-8(2)9-6-4-3-5-7-9;1-3-4-2/h3-7H,10H2,1-2H3;3-7H,1H2,2H3;3H,1,4H2,2H3. The zero-order valence-electron chi connectivity index (χ0n) is 15.0. The van der Waals surface area contributed by atoms with Gasteiger partial charge in [-0.2, -0.15) is 0 Å². The van der Waals surface area contributed by atoms with E-state index in [-0.39, 0.29) is 5.54 Å². The molecule has 0 aromatic heterocycles. The minimum Gasteiger partial charge on any atom is -0.322 e. The summed E-state index contributed by atoms with van der Waals surface area (Å²) in [6, 6.07) is 20.2. The molecule has 0 heterocycles. The van der Waals surface area contributed by atoms with Crippen molar-refractivity contribution in [3.8, 4) is 0 Å². The van der Waals surface area contributed by atoms with Crippen LogP contribution in [-0.2, 0) is 5.54 Å². The summed E-state index contributed by atoms with van der Waals surface area (Å²) >= 11 is 0. The van der Waals surface area contributed by atoms with Crippen molar-refractivity contribution in [2.24, 2.45) is 5.73 Å². The van der Waals surface area contributed by atoms with Gasteiger partial charge in [0.05, 0.1) is 0 Å². The molecule has 2 N–H and O–H groups in total. The lowest BCUT2D eigenvalue weighted by Gasteiger charge is -2.18. The van der Waals surface area contributed by atoms with Crippen LogP contribution >= 0.6 is 0 Å². The van der Waals surface area contributed by atoms with Crippen LogP contribution in [0, 0.1) is 0 Å². The topological polar surface area (TPSA) is 26.0 Å². The monoisotopic (exact) mass is 309 g/mol. The number of nitrogens with two attached hydrogens (primary N) is 1. The fourth-order valence-corrected chi connectivity index (χ4v) is 1.59. The van der Waals surface area contributed by atoms with Crippen LogP contribution in [0.2, 0.25) is 0 Å². The van der Waals surface area contributed by atoms with Crippen LogP contribution in [0.5, 0.6) is 0 Å². The van der Waals surface area contributed by atoms with Gasteiger partial charge in [-0.15, -0.1) is 6.58 Å². The molecule has 0 aliphatic carbocycles. The number of benzene rings is 2. The average molecular weight is 309 g/mol. The van der Waals surface area contributed by atoms with E-state index in [2.05, 4.69) is 32.2 Å². The first kappa shape index (κ1) is 20.9. The van der Waals surface area contributed by atoms with Crippen LogP contribution in [0.3, 0.4) is 0 Å². The van der Waals surface area contributed by atoms with Gasteiger partial charge in [-0.1, -0.05) is 85.8 Å². The lowest BCUT2D eigenvalue weighted by atomic mass is 9.96. The molecule has 0 amide bonds. The van der Waals surface area contributed by atoms with Gasteiger partial charge in [0.2, 0.25) is 0 Å².